The van der Waals surface area contributed by atoms with Gasteiger partial charge in [0.25, 0.3) is 0 Å². The van der Waals surface area contributed by atoms with Crippen molar-refractivity contribution in [2.24, 2.45) is 10.9 Å². The van der Waals surface area contributed by atoms with Crippen molar-refractivity contribution < 1.29 is 4.74 Å². The molecule has 1 aromatic rings. The standard InChI is InChI=1S/C18H28N4O.HI/c1-12(2)15(13-5-4-8-20-10-13)11-21-18(19-3)22-16-9-14-6-7-17(16)23-14;/h4-5,8,10,12,14-17H,6-7,9,11H2,1-3H3,(H2,19,21,22);1H. The molecule has 0 saturated carbocycles. The van der Waals surface area contributed by atoms with Gasteiger partial charge in [-0.05, 0) is 36.8 Å². The molecule has 134 valence electrons. The molecular weight excluding hydrogens is 415 g/mol. The second kappa shape index (κ2) is 8.99. The molecule has 0 aliphatic carbocycles. The number of ether oxygens (including phenoxy) is 1. The Labute approximate surface area is 162 Å². The summed E-state index contributed by atoms with van der Waals surface area (Å²) in [5.74, 6) is 1.83. The van der Waals surface area contributed by atoms with Crippen LogP contribution in [0, 0.1) is 5.92 Å². The second-order valence-corrected chi connectivity index (χ2v) is 6.95. The summed E-state index contributed by atoms with van der Waals surface area (Å²) in [4.78, 5) is 8.64. The van der Waals surface area contributed by atoms with E-state index in [9.17, 15) is 0 Å². The minimum atomic E-state index is 0. The van der Waals surface area contributed by atoms with Gasteiger partial charge in [-0.3, -0.25) is 9.98 Å². The van der Waals surface area contributed by atoms with Crippen molar-refractivity contribution in [1.82, 2.24) is 15.6 Å². The Hall–Kier alpha value is -0.890. The van der Waals surface area contributed by atoms with Gasteiger partial charge in [0.1, 0.15) is 0 Å². The predicted octanol–water partition coefficient (Wildman–Crippen LogP) is 2.92. The number of fused-ring (bicyclic) bond motifs is 2. The lowest BCUT2D eigenvalue weighted by Gasteiger charge is -2.26. The van der Waals surface area contributed by atoms with Crippen LogP contribution in [-0.2, 0) is 4.74 Å². The van der Waals surface area contributed by atoms with Crippen LogP contribution >= 0.6 is 24.0 Å². The van der Waals surface area contributed by atoms with E-state index in [4.69, 9.17) is 4.74 Å². The van der Waals surface area contributed by atoms with E-state index in [1.807, 2.05) is 25.5 Å². The molecule has 2 aliphatic heterocycles. The third-order valence-electron chi connectivity index (χ3n) is 5.06. The predicted molar refractivity (Wildman–Crippen MR) is 108 cm³/mol. The van der Waals surface area contributed by atoms with Crippen molar-refractivity contribution in [3.8, 4) is 0 Å². The van der Waals surface area contributed by atoms with E-state index in [0.29, 0.717) is 30.1 Å². The second-order valence-electron chi connectivity index (χ2n) is 6.95. The van der Waals surface area contributed by atoms with Gasteiger partial charge >= 0.3 is 0 Å². The highest BCUT2D eigenvalue weighted by Crippen LogP contribution is 2.34. The quantitative estimate of drug-likeness (QED) is 0.417. The Bertz CT molecular complexity index is 537. The first-order valence-electron chi connectivity index (χ1n) is 8.70. The molecule has 2 saturated heterocycles. The maximum Gasteiger partial charge on any atom is 0.191 e. The van der Waals surface area contributed by atoms with E-state index < -0.39 is 0 Å². The molecule has 0 radical (unpaired) electrons. The molecule has 2 bridgehead atoms. The normalized spacial score (nSPS) is 27.0. The molecule has 2 aliphatic rings. The zero-order chi connectivity index (χ0) is 16.2. The van der Waals surface area contributed by atoms with Crippen LogP contribution in [0.25, 0.3) is 0 Å². The number of hydrogen-bond acceptors (Lipinski definition) is 3. The van der Waals surface area contributed by atoms with Gasteiger partial charge in [0.2, 0.25) is 0 Å². The molecule has 3 heterocycles. The third-order valence-corrected chi connectivity index (χ3v) is 5.06. The Morgan fingerprint density at radius 1 is 1.42 bits per heavy atom. The van der Waals surface area contributed by atoms with Crippen LogP contribution in [-0.4, -0.2) is 42.8 Å². The van der Waals surface area contributed by atoms with Gasteiger partial charge in [0, 0.05) is 31.9 Å². The van der Waals surface area contributed by atoms with Crippen LogP contribution in [0.5, 0.6) is 0 Å². The van der Waals surface area contributed by atoms with Gasteiger partial charge in [0.15, 0.2) is 5.96 Å². The summed E-state index contributed by atoms with van der Waals surface area (Å²) in [5.41, 5.74) is 1.27. The van der Waals surface area contributed by atoms with Gasteiger partial charge in [0.05, 0.1) is 18.2 Å². The van der Waals surface area contributed by atoms with Crippen LogP contribution in [0.3, 0.4) is 0 Å². The number of nitrogens with one attached hydrogen (secondary N) is 2. The molecule has 3 rings (SSSR count). The molecule has 1 aromatic heterocycles. The highest BCUT2D eigenvalue weighted by atomic mass is 127. The Kier molecular flexibility index (Phi) is 7.28. The largest absolute Gasteiger partial charge is 0.373 e. The molecule has 0 spiro atoms. The summed E-state index contributed by atoms with van der Waals surface area (Å²) in [6, 6.07) is 4.56. The molecule has 0 amide bonds. The van der Waals surface area contributed by atoms with Crippen LogP contribution < -0.4 is 10.6 Å². The van der Waals surface area contributed by atoms with Crippen molar-refractivity contribution in [1.29, 1.82) is 0 Å². The first-order chi connectivity index (χ1) is 11.2. The molecule has 4 atom stereocenters. The van der Waals surface area contributed by atoms with Gasteiger partial charge < -0.3 is 15.4 Å². The number of guanidine groups is 1. The third kappa shape index (κ3) is 4.59. The summed E-state index contributed by atoms with van der Waals surface area (Å²) < 4.78 is 5.91. The fraction of sp³-hybridized carbons (Fsp3) is 0.667. The van der Waals surface area contributed by atoms with Gasteiger partial charge in [-0.1, -0.05) is 19.9 Å². The van der Waals surface area contributed by atoms with Crippen LogP contribution in [0.1, 0.15) is 44.6 Å². The Morgan fingerprint density at radius 2 is 2.25 bits per heavy atom. The Balaban J connectivity index is 0.00000208. The summed E-state index contributed by atoms with van der Waals surface area (Å²) in [7, 11) is 1.83. The van der Waals surface area contributed by atoms with E-state index in [0.717, 1.165) is 18.9 Å². The lowest BCUT2D eigenvalue weighted by Crippen LogP contribution is -2.48. The molecule has 6 heteroatoms. The first kappa shape index (κ1) is 19.4. The number of nitrogens with zero attached hydrogens (tertiary/aromatic N) is 2. The lowest BCUT2D eigenvalue weighted by molar-refractivity contribution is 0.0992. The Morgan fingerprint density at radius 3 is 2.79 bits per heavy atom. The first-order valence-corrected chi connectivity index (χ1v) is 8.70. The molecule has 5 nitrogen and oxygen atoms in total. The molecule has 2 N–H and O–H groups in total. The maximum atomic E-state index is 5.91. The minimum Gasteiger partial charge on any atom is -0.373 e. The maximum absolute atomic E-state index is 5.91. The monoisotopic (exact) mass is 444 g/mol. The zero-order valence-corrected chi connectivity index (χ0v) is 17.1. The summed E-state index contributed by atoms with van der Waals surface area (Å²) in [6.07, 6.45) is 8.08. The number of rotatable bonds is 5. The fourth-order valence-corrected chi connectivity index (χ4v) is 3.70. The smallest absolute Gasteiger partial charge is 0.191 e. The van der Waals surface area contributed by atoms with E-state index in [1.54, 1.807) is 0 Å². The van der Waals surface area contributed by atoms with E-state index in [-0.39, 0.29) is 24.0 Å². The number of hydrogen-bond donors (Lipinski definition) is 2. The van der Waals surface area contributed by atoms with Crippen molar-refractivity contribution in [2.75, 3.05) is 13.6 Å². The minimum absolute atomic E-state index is 0. The zero-order valence-electron chi connectivity index (χ0n) is 14.7. The van der Waals surface area contributed by atoms with Crippen molar-refractivity contribution in [3.63, 3.8) is 0 Å². The fourth-order valence-electron chi connectivity index (χ4n) is 3.70. The van der Waals surface area contributed by atoms with Crippen molar-refractivity contribution in [2.45, 2.75) is 57.3 Å². The summed E-state index contributed by atoms with van der Waals surface area (Å²) >= 11 is 0. The average Bonchev–Trinajstić information content (AvgIpc) is 3.17. The van der Waals surface area contributed by atoms with Crippen LogP contribution in [0.15, 0.2) is 29.5 Å². The van der Waals surface area contributed by atoms with Gasteiger partial charge in [-0.2, -0.15) is 0 Å². The number of aromatic nitrogens is 1. The highest BCUT2D eigenvalue weighted by Gasteiger charge is 2.41. The summed E-state index contributed by atoms with van der Waals surface area (Å²) in [6.45, 7) is 5.35. The van der Waals surface area contributed by atoms with Crippen molar-refractivity contribution >= 4 is 29.9 Å². The summed E-state index contributed by atoms with van der Waals surface area (Å²) in [5, 5.41) is 7.03. The highest BCUT2D eigenvalue weighted by molar-refractivity contribution is 14.0. The molecule has 0 aromatic carbocycles. The van der Waals surface area contributed by atoms with Crippen LogP contribution in [0.4, 0.5) is 0 Å². The van der Waals surface area contributed by atoms with E-state index in [1.165, 1.54) is 18.4 Å². The number of aliphatic imine (C=N–C) groups is 1. The van der Waals surface area contributed by atoms with Gasteiger partial charge in [-0.25, -0.2) is 0 Å². The molecule has 4 unspecified atom stereocenters. The van der Waals surface area contributed by atoms with Gasteiger partial charge in [-0.15, -0.1) is 24.0 Å². The molecular formula is C18H29IN4O. The van der Waals surface area contributed by atoms with E-state index >= 15 is 0 Å². The lowest BCUT2D eigenvalue weighted by atomic mass is 9.89. The molecule has 24 heavy (non-hydrogen) atoms. The number of halogens is 1. The van der Waals surface area contributed by atoms with Crippen molar-refractivity contribution in [3.05, 3.63) is 30.1 Å². The molecule has 2 fully saturated rings. The number of pyridine rings is 1. The van der Waals surface area contributed by atoms with Crippen LogP contribution in [0.2, 0.25) is 0 Å². The average molecular weight is 444 g/mol. The topological polar surface area (TPSA) is 58.5 Å². The SMILES string of the molecule is CN=C(NCC(c1cccnc1)C(C)C)NC1CC2CCC1O2.I. The van der Waals surface area contributed by atoms with E-state index in [2.05, 4.69) is 40.5 Å².